The van der Waals surface area contributed by atoms with E-state index >= 15 is 0 Å². The molecule has 2 N–H and O–H groups in total. The van der Waals surface area contributed by atoms with E-state index in [1.54, 1.807) is 67.6 Å². The number of hydrogen-bond donors (Lipinski definition) is 2. The van der Waals surface area contributed by atoms with Crippen LogP contribution in [0.15, 0.2) is 65.1 Å². The Morgan fingerprint density at radius 2 is 1.66 bits per heavy atom. The Hall–Kier alpha value is -3.02. The summed E-state index contributed by atoms with van der Waals surface area (Å²) < 4.78 is 5.72. The van der Waals surface area contributed by atoms with Gasteiger partial charge in [0.05, 0.1) is 5.02 Å². The van der Waals surface area contributed by atoms with Crippen LogP contribution in [0.1, 0.15) is 19.1 Å². The molecule has 0 fully saturated rings. The highest BCUT2D eigenvalue weighted by atomic mass is 35.5. The number of amides is 2. The number of furan rings is 1. The Morgan fingerprint density at radius 1 is 0.966 bits per heavy atom. The lowest BCUT2D eigenvalue weighted by Gasteiger charge is -2.05. The minimum Gasteiger partial charge on any atom is -0.457 e. The van der Waals surface area contributed by atoms with Gasteiger partial charge in [0.25, 0.3) is 0 Å². The number of rotatable bonds is 6. The molecule has 3 aromatic rings. The molecule has 5 nitrogen and oxygen atoms in total. The minimum absolute atomic E-state index is 0.0672. The SMILES string of the molecule is CCC(=O)Nc1ccc(NC(=O)C=Cc2ccc(-c3ccc(Cl)cc3Cl)o2)cc1. The standard InChI is InChI=1S/C22H18Cl2N2O3/c1-2-21(27)25-15-4-6-16(7-5-15)26-22(28)12-9-17-8-11-20(29-17)18-10-3-14(23)13-19(18)24/h3-13H,2H2,1H3,(H,25,27)(H,26,28). The number of nitrogens with one attached hydrogen (secondary N) is 2. The lowest BCUT2D eigenvalue weighted by molar-refractivity contribution is -0.116. The van der Waals surface area contributed by atoms with Gasteiger partial charge in [-0.1, -0.05) is 30.1 Å². The summed E-state index contributed by atoms with van der Waals surface area (Å²) in [7, 11) is 0. The second-order valence-electron chi connectivity index (χ2n) is 6.13. The summed E-state index contributed by atoms with van der Waals surface area (Å²) in [5.41, 5.74) is 2.01. The van der Waals surface area contributed by atoms with Crippen molar-refractivity contribution in [1.29, 1.82) is 0 Å². The van der Waals surface area contributed by atoms with Crippen LogP contribution in [0.25, 0.3) is 17.4 Å². The number of carbonyl (C=O) groups is 2. The average molecular weight is 429 g/mol. The molecule has 0 radical (unpaired) electrons. The summed E-state index contributed by atoms with van der Waals surface area (Å²) in [4.78, 5) is 23.5. The van der Waals surface area contributed by atoms with Gasteiger partial charge in [0, 0.05) is 34.5 Å². The topological polar surface area (TPSA) is 71.3 Å². The van der Waals surface area contributed by atoms with Gasteiger partial charge in [0.1, 0.15) is 11.5 Å². The molecule has 0 atom stereocenters. The Balaban J connectivity index is 1.61. The highest BCUT2D eigenvalue weighted by Crippen LogP contribution is 2.31. The molecular formula is C22H18Cl2N2O3. The average Bonchev–Trinajstić information content (AvgIpc) is 3.16. The van der Waals surface area contributed by atoms with E-state index in [0.29, 0.717) is 39.4 Å². The van der Waals surface area contributed by atoms with Crippen molar-refractivity contribution in [3.8, 4) is 11.3 Å². The predicted molar refractivity (Wildman–Crippen MR) is 117 cm³/mol. The maximum absolute atomic E-state index is 12.1. The van der Waals surface area contributed by atoms with Crippen LogP contribution >= 0.6 is 23.2 Å². The molecule has 0 aliphatic heterocycles. The van der Waals surface area contributed by atoms with Crippen molar-refractivity contribution in [2.45, 2.75) is 13.3 Å². The summed E-state index contributed by atoms with van der Waals surface area (Å²) in [6, 6.07) is 15.5. The molecule has 7 heteroatoms. The van der Waals surface area contributed by atoms with Crippen molar-refractivity contribution in [3.05, 3.63) is 76.5 Å². The summed E-state index contributed by atoms with van der Waals surface area (Å²) in [5.74, 6) is 0.718. The summed E-state index contributed by atoms with van der Waals surface area (Å²) in [6.07, 6.45) is 3.35. The van der Waals surface area contributed by atoms with Crippen LogP contribution in [0, 0.1) is 0 Å². The van der Waals surface area contributed by atoms with Gasteiger partial charge >= 0.3 is 0 Å². The maximum atomic E-state index is 12.1. The number of hydrogen-bond acceptors (Lipinski definition) is 3. The molecule has 0 saturated carbocycles. The van der Waals surface area contributed by atoms with Crippen LogP contribution in [0.4, 0.5) is 11.4 Å². The second kappa shape index (κ2) is 9.45. The minimum atomic E-state index is -0.308. The molecule has 2 aromatic carbocycles. The third-order valence-electron chi connectivity index (χ3n) is 3.98. The van der Waals surface area contributed by atoms with Gasteiger partial charge in [-0.05, 0) is 60.7 Å². The first-order valence-corrected chi connectivity index (χ1v) is 9.64. The number of benzene rings is 2. The summed E-state index contributed by atoms with van der Waals surface area (Å²) >= 11 is 12.1. The van der Waals surface area contributed by atoms with E-state index in [2.05, 4.69) is 10.6 Å². The quantitative estimate of drug-likeness (QED) is 0.455. The molecular weight excluding hydrogens is 411 g/mol. The van der Waals surface area contributed by atoms with Crippen LogP contribution in [0.2, 0.25) is 10.0 Å². The molecule has 0 bridgehead atoms. The molecule has 1 heterocycles. The highest BCUT2D eigenvalue weighted by molar-refractivity contribution is 6.36. The van der Waals surface area contributed by atoms with Crippen molar-refractivity contribution in [2.24, 2.45) is 0 Å². The lowest BCUT2D eigenvalue weighted by Crippen LogP contribution is -2.10. The Morgan fingerprint density at radius 3 is 2.31 bits per heavy atom. The molecule has 1 aromatic heterocycles. The Labute approximate surface area is 178 Å². The fourth-order valence-corrected chi connectivity index (χ4v) is 3.01. The zero-order valence-electron chi connectivity index (χ0n) is 15.5. The fraction of sp³-hybridized carbons (Fsp3) is 0.0909. The molecule has 148 valence electrons. The first-order chi connectivity index (χ1) is 13.9. The van der Waals surface area contributed by atoms with Gasteiger partial charge < -0.3 is 15.1 Å². The number of carbonyl (C=O) groups excluding carboxylic acids is 2. The first kappa shape index (κ1) is 20.7. The summed E-state index contributed by atoms with van der Waals surface area (Å²) in [6.45, 7) is 1.78. The van der Waals surface area contributed by atoms with E-state index < -0.39 is 0 Å². The lowest BCUT2D eigenvalue weighted by atomic mass is 10.2. The highest BCUT2D eigenvalue weighted by Gasteiger charge is 2.08. The predicted octanol–water partition coefficient (Wildman–Crippen LogP) is 6.25. The number of anilines is 2. The van der Waals surface area contributed by atoms with Crippen LogP contribution in [-0.2, 0) is 9.59 Å². The maximum Gasteiger partial charge on any atom is 0.248 e. The second-order valence-corrected chi connectivity index (χ2v) is 6.97. The van der Waals surface area contributed by atoms with E-state index in [4.69, 9.17) is 27.6 Å². The molecule has 0 aliphatic carbocycles. The molecule has 3 rings (SSSR count). The van der Waals surface area contributed by atoms with Crippen LogP contribution in [0.3, 0.4) is 0 Å². The Kier molecular flexibility index (Phi) is 6.75. The van der Waals surface area contributed by atoms with Crippen LogP contribution < -0.4 is 10.6 Å². The first-order valence-electron chi connectivity index (χ1n) is 8.89. The third kappa shape index (κ3) is 5.73. The smallest absolute Gasteiger partial charge is 0.248 e. The molecule has 0 spiro atoms. The third-order valence-corrected chi connectivity index (χ3v) is 4.53. The van der Waals surface area contributed by atoms with E-state index in [1.165, 1.54) is 6.08 Å². The zero-order chi connectivity index (χ0) is 20.8. The van der Waals surface area contributed by atoms with Crippen LogP contribution in [-0.4, -0.2) is 11.8 Å². The number of halogens is 2. The molecule has 0 unspecified atom stereocenters. The van der Waals surface area contributed by atoms with Gasteiger partial charge in [-0.15, -0.1) is 0 Å². The molecule has 2 amide bonds. The van der Waals surface area contributed by atoms with Crippen molar-refractivity contribution in [3.63, 3.8) is 0 Å². The van der Waals surface area contributed by atoms with Crippen molar-refractivity contribution >= 4 is 52.5 Å². The molecule has 0 saturated heterocycles. The Bertz CT molecular complexity index is 1060. The van der Waals surface area contributed by atoms with Crippen LogP contribution in [0.5, 0.6) is 0 Å². The van der Waals surface area contributed by atoms with Gasteiger partial charge in [-0.25, -0.2) is 0 Å². The normalized spacial score (nSPS) is 10.9. The monoisotopic (exact) mass is 428 g/mol. The van der Waals surface area contributed by atoms with E-state index in [-0.39, 0.29) is 11.8 Å². The van der Waals surface area contributed by atoms with Crippen molar-refractivity contribution in [1.82, 2.24) is 0 Å². The molecule has 0 aliphatic rings. The van der Waals surface area contributed by atoms with Gasteiger partial charge in [-0.2, -0.15) is 0 Å². The summed E-state index contributed by atoms with van der Waals surface area (Å²) in [5, 5.41) is 6.52. The largest absolute Gasteiger partial charge is 0.457 e. The van der Waals surface area contributed by atoms with E-state index in [9.17, 15) is 9.59 Å². The van der Waals surface area contributed by atoms with Gasteiger partial charge in [0.15, 0.2) is 0 Å². The zero-order valence-corrected chi connectivity index (χ0v) is 17.1. The van der Waals surface area contributed by atoms with Crippen molar-refractivity contribution in [2.75, 3.05) is 10.6 Å². The van der Waals surface area contributed by atoms with Crippen molar-refractivity contribution < 1.29 is 14.0 Å². The van der Waals surface area contributed by atoms with E-state index in [1.807, 2.05) is 0 Å². The van der Waals surface area contributed by atoms with Gasteiger partial charge in [-0.3, -0.25) is 9.59 Å². The molecule has 29 heavy (non-hydrogen) atoms. The fourth-order valence-electron chi connectivity index (χ4n) is 2.50. The van der Waals surface area contributed by atoms with E-state index in [0.717, 1.165) is 5.56 Å². The van der Waals surface area contributed by atoms with Gasteiger partial charge in [0.2, 0.25) is 11.8 Å².